The quantitative estimate of drug-likeness (QED) is 0.840. The minimum atomic E-state index is 0.434. The molecule has 2 unspecified atom stereocenters. The van der Waals surface area contributed by atoms with Crippen molar-refractivity contribution in [2.45, 2.75) is 51.2 Å². The fourth-order valence-corrected chi connectivity index (χ4v) is 3.24. The van der Waals surface area contributed by atoms with E-state index in [1.165, 1.54) is 37.0 Å². The van der Waals surface area contributed by atoms with Crippen molar-refractivity contribution in [3.05, 3.63) is 22.4 Å². The van der Waals surface area contributed by atoms with Gasteiger partial charge >= 0.3 is 0 Å². The number of hydrogen-bond acceptors (Lipinski definition) is 3. The second-order valence-electron chi connectivity index (χ2n) is 4.69. The van der Waals surface area contributed by atoms with Crippen molar-refractivity contribution in [1.82, 2.24) is 5.32 Å². The third kappa shape index (κ3) is 4.09. The van der Waals surface area contributed by atoms with E-state index in [0.29, 0.717) is 12.1 Å². The second kappa shape index (κ2) is 7.14. The van der Waals surface area contributed by atoms with Gasteiger partial charge in [0.2, 0.25) is 0 Å². The van der Waals surface area contributed by atoms with Gasteiger partial charge in [-0.1, -0.05) is 13.0 Å². The summed E-state index contributed by atoms with van der Waals surface area (Å²) < 4.78 is 5.90. The van der Waals surface area contributed by atoms with E-state index in [4.69, 9.17) is 4.74 Å². The number of ether oxygens (including phenoxy) is 1. The van der Waals surface area contributed by atoms with Crippen molar-refractivity contribution in [3.8, 4) is 0 Å². The molecule has 1 aromatic rings. The predicted molar refractivity (Wildman–Crippen MR) is 73.7 cm³/mol. The van der Waals surface area contributed by atoms with E-state index in [9.17, 15) is 0 Å². The zero-order valence-electron chi connectivity index (χ0n) is 10.7. The summed E-state index contributed by atoms with van der Waals surface area (Å²) in [5.74, 6) is 0. The number of thiophene rings is 1. The fraction of sp³-hybridized carbons (Fsp3) is 0.714. The molecule has 1 saturated heterocycles. The van der Waals surface area contributed by atoms with Crippen LogP contribution in [0.2, 0.25) is 0 Å². The molecule has 0 aromatic carbocycles. The van der Waals surface area contributed by atoms with Crippen LogP contribution in [-0.2, 0) is 11.2 Å². The minimum Gasteiger partial charge on any atom is -0.377 e. The molecule has 3 heteroatoms. The van der Waals surface area contributed by atoms with Gasteiger partial charge in [-0.2, -0.15) is 0 Å². The second-order valence-corrected chi connectivity index (χ2v) is 5.72. The molecular weight excluding hydrogens is 230 g/mol. The standard InChI is InChI=1S/C14H23NOS/c1-2-15-13(14-7-3-4-10-16-14)9-8-12-6-5-11-17-12/h5-6,11,13-15H,2-4,7-10H2,1H3. The van der Waals surface area contributed by atoms with E-state index in [1.54, 1.807) is 0 Å². The molecule has 96 valence electrons. The van der Waals surface area contributed by atoms with Crippen LogP contribution < -0.4 is 5.32 Å². The maximum Gasteiger partial charge on any atom is 0.0728 e. The molecule has 0 saturated carbocycles. The lowest BCUT2D eigenvalue weighted by Crippen LogP contribution is -2.43. The van der Waals surface area contributed by atoms with Crippen LogP contribution in [0.25, 0.3) is 0 Å². The summed E-state index contributed by atoms with van der Waals surface area (Å²) in [6, 6.07) is 4.90. The summed E-state index contributed by atoms with van der Waals surface area (Å²) in [6.45, 7) is 4.17. The Kier molecular flexibility index (Phi) is 5.49. The maximum absolute atomic E-state index is 5.90. The number of rotatable bonds is 6. The molecule has 0 aliphatic carbocycles. The van der Waals surface area contributed by atoms with Gasteiger partial charge in [-0.25, -0.2) is 0 Å². The van der Waals surface area contributed by atoms with Gasteiger partial charge in [0, 0.05) is 17.5 Å². The predicted octanol–water partition coefficient (Wildman–Crippen LogP) is 3.23. The zero-order chi connectivity index (χ0) is 11.9. The number of aryl methyl sites for hydroxylation is 1. The van der Waals surface area contributed by atoms with Crippen molar-refractivity contribution in [1.29, 1.82) is 0 Å². The number of nitrogens with one attached hydrogen (secondary N) is 1. The van der Waals surface area contributed by atoms with Gasteiger partial charge in [-0.15, -0.1) is 11.3 Å². The molecule has 2 rings (SSSR count). The fourth-order valence-electron chi connectivity index (χ4n) is 2.52. The first-order valence-corrected chi connectivity index (χ1v) is 7.65. The summed E-state index contributed by atoms with van der Waals surface area (Å²) in [4.78, 5) is 1.49. The lowest BCUT2D eigenvalue weighted by molar-refractivity contribution is -0.00881. The Morgan fingerprint density at radius 2 is 2.47 bits per heavy atom. The Morgan fingerprint density at radius 3 is 3.12 bits per heavy atom. The third-order valence-electron chi connectivity index (χ3n) is 3.41. The topological polar surface area (TPSA) is 21.3 Å². The molecule has 1 aromatic heterocycles. The van der Waals surface area contributed by atoms with Crippen LogP contribution in [0.1, 0.15) is 37.5 Å². The molecule has 17 heavy (non-hydrogen) atoms. The van der Waals surface area contributed by atoms with Gasteiger partial charge in [0.05, 0.1) is 6.10 Å². The highest BCUT2D eigenvalue weighted by Gasteiger charge is 2.23. The molecule has 2 heterocycles. The van der Waals surface area contributed by atoms with Crippen LogP contribution in [0.3, 0.4) is 0 Å². The zero-order valence-corrected chi connectivity index (χ0v) is 11.5. The highest BCUT2D eigenvalue weighted by molar-refractivity contribution is 7.09. The first-order chi connectivity index (χ1) is 8.40. The van der Waals surface area contributed by atoms with Crippen molar-refractivity contribution < 1.29 is 4.74 Å². The van der Waals surface area contributed by atoms with Gasteiger partial charge in [-0.3, -0.25) is 0 Å². The van der Waals surface area contributed by atoms with Gasteiger partial charge in [0.1, 0.15) is 0 Å². The largest absolute Gasteiger partial charge is 0.377 e. The van der Waals surface area contributed by atoms with Gasteiger partial charge in [0.15, 0.2) is 0 Å². The third-order valence-corrected chi connectivity index (χ3v) is 4.35. The average molecular weight is 253 g/mol. The first kappa shape index (κ1) is 13.1. The molecule has 0 bridgehead atoms. The Hall–Kier alpha value is -0.380. The number of hydrogen-bond donors (Lipinski definition) is 1. The van der Waals surface area contributed by atoms with Crippen LogP contribution in [0, 0.1) is 0 Å². The molecular formula is C14H23NOS. The number of likely N-dealkylation sites (N-methyl/N-ethyl adjacent to an activating group) is 1. The summed E-state index contributed by atoms with van der Waals surface area (Å²) in [5, 5.41) is 5.76. The summed E-state index contributed by atoms with van der Waals surface area (Å²) in [5.41, 5.74) is 0. The van der Waals surface area contributed by atoms with Crippen molar-refractivity contribution in [2.24, 2.45) is 0 Å². The van der Waals surface area contributed by atoms with E-state index in [1.807, 2.05) is 11.3 Å². The molecule has 1 aliphatic heterocycles. The van der Waals surface area contributed by atoms with Crippen molar-refractivity contribution in [3.63, 3.8) is 0 Å². The first-order valence-electron chi connectivity index (χ1n) is 6.77. The summed E-state index contributed by atoms with van der Waals surface area (Å²) >= 11 is 1.86. The van der Waals surface area contributed by atoms with E-state index in [2.05, 4.69) is 29.8 Å². The van der Waals surface area contributed by atoms with Crippen LogP contribution in [-0.4, -0.2) is 25.3 Å². The van der Waals surface area contributed by atoms with Crippen LogP contribution in [0.4, 0.5) is 0 Å². The molecule has 2 nitrogen and oxygen atoms in total. The summed E-state index contributed by atoms with van der Waals surface area (Å²) in [7, 11) is 0. The lowest BCUT2D eigenvalue weighted by Gasteiger charge is -2.31. The highest BCUT2D eigenvalue weighted by atomic mass is 32.1. The highest BCUT2D eigenvalue weighted by Crippen LogP contribution is 2.20. The summed E-state index contributed by atoms with van der Waals surface area (Å²) in [6.07, 6.45) is 6.59. The van der Waals surface area contributed by atoms with Gasteiger partial charge < -0.3 is 10.1 Å². The molecule has 1 N–H and O–H groups in total. The Balaban J connectivity index is 1.82. The Labute approximate surface area is 108 Å². The smallest absolute Gasteiger partial charge is 0.0728 e. The minimum absolute atomic E-state index is 0.434. The molecule has 1 aliphatic rings. The maximum atomic E-state index is 5.90. The Morgan fingerprint density at radius 1 is 1.53 bits per heavy atom. The van der Waals surface area contributed by atoms with E-state index in [-0.39, 0.29) is 0 Å². The van der Waals surface area contributed by atoms with Gasteiger partial charge in [-0.05, 0) is 50.1 Å². The van der Waals surface area contributed by atoms with Crippen molar-refractivity contribution in [2.75, 3.05) is 13.2 Å². The normalized spacial score (nSPS) is 22.5. The average Bonchev–Trinajstić information content (AvgIpc) is 2.88. The monoisotopic (exact) mass is 253 g/mol. The molecule has 2 atom stereocenters. The van der Waals surface area contributed by atoms with Gasteiger partial charge in [0.25, 0.3) is 0 Å². The van der Waals surface area contributed by atoms with Crippen LogP contribution in [0.5, 0.6) is 0 Å². The van der Waals surface area contributed by atoms with E-state index >= 15 is 0 Å². The van der Waals surface area contributed by atoms with Crippen LogP contribution >= 0.6 is 11.3 Å². The molecule has 1 fully saturated rings. The molecule has 0 spiro atoms. The molecule has 0 amide bonds. The molecule has 0 radical (unpaired) electrons. The van der Waals surface area contributed by atoms with Crippen molar-refractivity contribution >= 4 is 11.3 Å². The Bertz CT molecular complexity index is 293. The van der Waals surface area contributed by atoms with Crippen LogP contribution in [0.15, 0.2) is 17.5 Å². The lowest BCUT2D eigenvalue weighted by atomic mass is 9.98. The van der Waals surface area contributed by atoms with E-state index < -0.39 is 0 Å². The van der Waals surface area contributed by atoms with E-state index in [0.717, 1.165) is 13.2 Å². The SMILES string of the molecule is CCNC(CCc1cccs1)C1CCCCO1.